The molecule has 3 heteroatoms. The normalized spacial score (nSPS) is 27.7. The lowest BCUT2D eigenvalue weighted by Gasteiger charge is -2.33. The number of rotatable bonds is 3. The molecule has 1 fully saturated rings. The van der Waals surface area contributed by atoms with Gasteiger partial charge in [-0.2, -0.15) is 0 Å². The fourth-order valence-corrected chi connectivity index (χ4v) is 3.69. The zero-order valence-corrected chi connectivity index (χ0v) is 11.7. The number of nitrogens with one attached hydrogen (secondary N) is 1. The van der Waals surface area contributed by atoms with Crippen LogP contribution in [0.15, 0.2) is 18.2 Å². The maximum atomic E-state index is 5.85. The van der Waals surface area contributed by atoms with Gasteiger partial charge in [-0.25, -0.2) is 0 Å². The van der Waals surface area contributed by atoms with Crippen molar-refractivity contribution >= 4 is 0 Å². The molecule has 104 valence electrons. The molecule has 0 spiro atoms. The van der Waals surface area contributed by atoms with E-state index in [4.69, 9.17) is 10.6 Å². The molecule has 0 amide bonds. The van der Waals surface area contributed by atoms with Crippen LogP contribution in [0.25, 0.3) is 0 Å². The Balaban J connectivity index is 1.81. The highest BCUT2D eigenvalue weighted by Gasteiger charge is 2.28. The van der Waals surface area contributed by atoms with E-state index < -0.39 is 0 Å². The second-order valence-corrected chi connectivity index (χ2v) is 6.14. The lowest BCUT2D eigenvalue weighted by atomic mass is 9.77. The lowest BCUT2D eigenvalue weighted by molar-refractivity contribution is 0.224. The van der Waals surface area contributed by atoms with Crippen molar-refractivity contribution in [3.05, 3.63) is 29.3 Å². The summed E-state index contributed by atoms with van der Waals surface area (Å²) in [5.74, 6) is 8.38. The molecule has 3 atom stereocenters. The van der Waals surface area contributed by atoms with Crippen molar-refractivity contribution in [2.24, 2.45) is 17.7 Å². The summed E-state index contributed by atoms with van der Waals surface area (Å²) in [5, 5.41) is 0. The molecule has 0 bridgehead atoms. The van der Waals surface area contributed by atoms with E-state index in [0.29, 0.717) is 5.92 Å². The third kappa shape index (κ3) is 2.63. The molecule has 3 rings (SSSR count). The van der Waals surface area contributed by atoms with Crippen LogP contribution < -0.4 is 16.0 Å². The van der Waals surface area contributed by atoms with Gasteiger partial charge in [0.25, 0.3) is 0 Å². The van der Waals surface area contributed by atoms with Crippen molar-refractivity contribution < 1.29 is 4.74 Å². The van der Waals surface area contributed by atoms with E-state index in [0.717, 1.165) is 24.7 Å². The first kappa shape index (κ1) is 12.9. The van der Waals surface area contributed by atoms with Crippen molar-refractivity contribution in [2.45, 2.75) is 45.1 Å². The van der Waals surface area contributed by atoms with Gasteiger partial charge in [-0.3, -0.25) is 11.3 Å². The van der Waals surface area contributed by atoms with E-state index in [2.05, 4.69) is 30.5 Å². The minimum Gasteiger partial charge on any atom is -0.493 e. The van der Waals surface area contributed by atoms with Crippen molar-refractivity contribution in [3.8, 4) is 5.75 Å². The molecular weight excluding hydrogens is 236 g/mol. The van der Waals surface area contributed by atoms with Gasteiger partial charge in [-0.05, 0) is 41.9 Å². The van der Waals surface area contributed by atoms with Gasteiger partial charge in [-0.1, -0.05) is 31.9 Å². The highest BCUT2D eigenvalue weighted by molar-refractivity contribution is 5.41. The van der Waals surface area contributed by atoms with Gasteiger partial charge >= 0.3 is 0 Å². The standard InChI is InChI=1S/C16H24N2O/c1-11-3-2-4-13(9-11)16(18-17)14-5-6-15-12(10-14)7-8-19-15/h5-6,10-11,13,16,18H,2-4,7-9,17H2,1H3. The molecule has 0 aromatic heterocycles. The Kier molecular flexibility index (Phi) is 3.76. The second-order valence-electron chi connectivity index (χ2n) is 6.14. The van der Waals surface area contributed by atoms with Gasteiger partial charge in [0.05, 0.1) is 6.61 Å². The quantitative estimate of drug-likeness (QED) is 0.649. The third-order valence-electron chi connectivity index (χ3n) is 4.70. The largest absolute Gasteiger partial charge is 0.493 e. The van der Waals surface area contributed by atoms with E-state index in [-0.39, 0.29) is 6.04 Å². The Morgan fingerprint density at radius 1 is 1.37 bits per heavy atom. The van der Waals surface area contributed by atoms with Crippen molar-refractivity contribution in [3.63, 3.8) is 0 Å². The van der Waals surface area contributed by atoms with Crippen LogP contribution in [-0.4, -0.2) is 6.61 Å². The summed E-state index contributed by atoms with van der Waals surface area (Å²) in [5.41, 5.74) is 5.72. The van der Waals surface area contributed by atoms with E-state index in [1.165, 1.54) is 36.8 Å². The monoisotopic (exact) mass is 260 g/mol. The number of fused-ring (bicyclic) bond motifs is 1. The van der Waals surface area contributed by atoms with E-state index in [1.807, 2.05) is 0 Å². The SMILES string of the molecule is CC1CCCC(C(NN)c2ccc3c(c2)CCO3)C1. The van der Waals surface area contributed by atoms with Crippen LogP contribution in [0.1, 0.15) is 49.8 Å². The Bertz CT molecular complexity index is 446. The summed E-state index contributed by atoms with van der Waals surface area (Å²) in [4.78, 5) is 0. The minimum absolute atomic E-state index is 0.286. The first-order valence-electron chi connectivity index (χ1n) is 7.49. The van der Waals surface area contributed by atoms with Gasteiger partial charge in [0.1, 0.15) is 5.75 Å². The predicted molar refractivity (Wildman–Crippen MR) is 76.8 cm³/mol. The lowest BCUT2D eigenvalue weighted by Crippen LogP contribution is -2.35. The number of ether oxygens (including phenoxy) is 1. The molecule has 1 saturated carbocycles. The number of hydrogen-bond donors (Lipinski definition) is 2. The molecular formula is C16H24N2O. The van der Waals surface area contributed by atoms with Crippen LogP contribution in [0.5, 0.6) is 5.75 Å². The molecule has 1 aliphatic carbocycles. The van der Waals surface area contributed by atoms with Crippen molar-refractivity contribution in [2.75, 3.05) is 6.61 Å². The van der Waals surface area contributed by atoms with Crippen LogP contribution in [0.3, 0.4) is 0 Å². The van der Waals surface area contributed by atoms with Gasteiger partial charge in [0.15, 0.2) is 0 Å². The molecule has 3 nitrogen and oxygen atoms in total. The Morgan fingerprint density at radius 3 is 3.05 bits per heavy atom. The fraction of sp³-hybridized carbons (Fsp3) is 0.625. The number of hydrazine groups is 1. The molecule has 3 unspecified atom stereocenters. The van der Waals surface area contributed by atoms with Crippen LogP contribution in [0, 0.1) is 11.8 Å². The van der Waals surface area contributed by atoms with Crippen LogP contribution in [0.2, 0.25) is 0 Å². The predicted octanol–water partition coefficient (Wildman–Crippen LogP) is 2.95. The zero-order valence-electron chi connectivity index (χ0n) is 11.7. The first-order valence-corrected chi connectivity index (χ1v) is 7.49. The third-order valence-corrected chi connectivity index (χ3v) is 4.70. The Labute approximate surface area is 115 Å². The molecule has 0 radical (unpaired) electrons. The fourth-order valence-electron chi connectivity index (χ4n) is 3.69. The van der Waals surface area contributed by atoms with Gasteiger partial charge < -0.3 is 4.74 Å². The summed E-state index contributed by atoms with van der Waals surface area (Å²) < 4.78 is 5.58. The van der Waals surface area contributed by atoms with E-state index in [1.54, 1.807) is 0 Å². The highest BCUT2D eigenvalue weighted by Crippen LogP contribution is 2.38. The van der Waals surface area contributed by atoms with E-state index in [9.17, 15) is 0 Å². The summed E-state index contributed by atoms with van der Waals surface area (Å²) in [6.45, 7) is 3.18. The maximum Gasteiger partial charge on any atom is 0.122 e. The smallest absolute Gasteiger partial charge is 0.122 e. The molecule has 3 N–H and O–H groups in total. The van der Waals surface area contributed by atoms with Gasteiger partial charge in [-0.15, -0.1) is 0 Å². The van der Waals surface area contributed by atoms with Gasteiger partial charge in [0.2, 0.25) is 0 Å². The number of hydrogen-bond acceptors (Lipinski definition) is 3. The van der Waals surface area contributed by atoms with Crippen molar-refractivity contribution in [1.29, 1.82) is 0 Å². The van der Waals surface area contributed by atoms with Gasteiger partial charge in [0, 0.05) is 12.5 Å². The summed E-state index contributed by atoms with van der Waals surface area (Å²) in [6, 6.07) is 6.85. The molecule has 19 heavy (non-hydrogen) atoms. The summed E-state index contributed by atoms with van der Waals surface area (Å²) >= 11 is 0. The summed E-state index contributed by atoms with van der Waals surface area (Å²) in [6.07, 6.45) is 6.29. The van der Waals surface area contributed by atoms with Crippen molar-refractivity contribution in [1.82, 2.24) is 5.43 Å². The molecule has 1 aromatic rings. The molecule has 1 aromatic carbocycles. The molecule has 1 aliphatic heterocycles. The average molecular weight is 260 g/mol. The molecule has 2 aliphatic rings. The topological polar surface area (TPSA) is 47.3 Å². The van der Waals surface area contributed by atoms with E-state index >= 15 is 0 Å². The Morgan fingerprint density at radius 2 is 2.26 bits per heavy atom. The molecule has 1 heterocycles. The number of benzene rings is 1. The van der Waals surface area contributed by atoms with Crippen LogP contribution >= 0.6 is 0 Å². The number of nitrogens with two attached hydrogens (primary N) is 1. The molecule has 0 saturated heterocycles. The van der Waals surface area contributed by atoms with Crippen LogP contribution in [0.4, 0.5) is 0 Å². The van der Waals surface area contributed by atoms with Crippen LogP contribution in [-0.2, 0) is 6.42 Å². The minimum atomic E-state index is 0.286. The Hall–Kier alpha value is -1.06. The highest BCUT2D eigenvalue weighted by atomic mass is 16.5. The first-order chi connectivity index (χ1) is 9.28. The zero-order chi connectivity index (χ0) is 13.2. The summed E-state index contributed by atoms with van der Waals surface area (Å²) in [7, 11) is 0. The second kappa shape index (κ2) is 5.51. The average Bonchev–Trinajstić information content (AvgIpc) is 2.87. The maximum absolute atomic E-state index is 5.85.